The van der Waals surface area contributed by atoms with Crippen LogP contribution >= 0.6 is 0 Å². The number of methoxy groups -OCH3 is 1. The highest BCUT2D eigenvalue weighted by atomic mass is 16.7. The fraction of sp³-hybridized carbons (Fsp3) is 0.231. The Bertz CT molecular complexity index is 673. The maximum Gasteiger partial charge on any atom is 0.334 e. The molecule has 0 fully saturated rings. The number of pyridine rings is 1. The Hall–Kier alpha value is -2.74. The fourth-order valence-electron chi connectivity index (χ4n) is 1.73. The van der Waals surface area contributed by atoms with Crippen molar-refractivity contribution < 1.29 is 23.9 Å². The van der Waals surface area contributed by atoms with Gasteiger partial charge in [-0.2, -0.15) is 0 Å². The average molecular weight is 292 g/mol. The second kappa shape index (κ2) is 6.62. The molecule has 110 valence electrons. The van der Waals surface area contributed by atoms with Gasteiger partial charge >= 0.3 is 5.97 Å². The smallest absolute Gasteiger partial charge is 0.334 e. The number of nitro groups is 1. The van der Waals surface area contributed by atoms with Crippen molar-refractivity contribution in [2.45, 2.75) is 0 Å². The van der Waals surface area contributed by atoms with Crippen molar-refractivity contribution in [1.82, 2.24) is 4.98 Å². The lowest BCUT2D eigenvalue weighted by atomic mass is 10.1. The van der Waals surface area contributed by atoms with E-state index in [1.807, 2.05) is 0 Å². The lowest BCUT2D eigenvalue weighted by molar-refractivity contribution is -0.383. The van der Waals surface area contributed by atoms with Gasteiger partial charge in [-0.1, -0.05) is 0 Å². The third kappa shape index (κ3) is 3.42. The highest BCUT2D eigenvalue weighted by molar-refractivity contribution is 5.92. The number of benzene rings is 1. The number of esters is 1. The number of nitrogens with zero attached hydrogens (tertiary/aromatic N) is 2. The summed E-state index contributed by atoms with van der Waals surface area (Å²) in [5, 5.41) is 11.3. The summed E-state index contributed by atoms with van der Waals surface area (Å²) in [6.07, 6.45) is 1.50. The summed E-state index contributed by atoms with van der Waals surface area (Å²) in [5.74, 6) is -0.280. The quantitative estimate of drug-likeness (QED) is 0.345. The molecule has 21 heavy (non-hydrogen) atoms. The van der Waals surface area contributed by atoms with Crippen LogP contribution in [-0.4, -0.2) is 36.4 Å². The van der Waals surface area contributed by atoms with Gasteiger partial charge in [0.15, 0.2) is 0 Å². The standard InChI is InChI=1S/C13H12N2O6/c1-19-7-12(16)21-8-20-11-5-4-10(15(17)18)9-3-2-6-14-13(9)11/h2-6H,7-8H2,1H3. The van der Waals surface area contributed by atoms with Crippen molar-refractivity contribution >= 4 is 22.6 Å². The second-order valence-corrected chi connectivity index (χ2v) is 3.95. The molecular formula is C13H12N2O6. The van der Waals surface area contributed by atoms with Gasteiger partial charge in [-0.15, -0.1) is 0 Å². The molecule has 0 amide bonds. The van der Waals surface area contributed by atoms with Crippen molar-refractivity contribution in [2.75, 3.05) is 20.5 Å². The van der Waals surface area contributed by atoms with Gasteiger partial charge in [0.05, 0.1) is 10.3 Å². The van der Waals surface area contributed by atoms with Gasteiger partial charge in [-0.3, -0.25) is 15.1 Å². The van der Waals surface area contributed by atoms with E-state index in [0.717, 1.165) is 0 Å². The first-order valence-corrected chi connectivity index (χ1v) is 5.93. The largest absolute Gasteiger partial charge is 0.455 e. The molecule has 0 aliphatic rings. The minimum atomic E-state index is -0.573. The Kier molecular flexibility index (Phi) is 4.62. The highest BCUT2D eigenvalue weighted by Crippen LogP contribution is 2.31. The van der Waals surface area contributed by atoms with Gasteiger partial charge in [-0.05, 0) is 18.2 Å². The zero-order chi connectivity index (χ0) is 15.2. The van der Waals surface area contributed by atoms with Crippen LogP contribution in [0.2, 0.25) is 0 Å². The Morgan fingerprint density at radius 2 is 2.19 bits per heavy atom. The first-order chi connectivity index (χ1) is 10.1. The number of rotatable bonds is 6. The van der Waals surface area contributed by atoms with Gasteiger partial charge in [0.2, 0.25) is 6.79 Å². The number of hydrogen-bond donors (Lipinski definition) is 0. The van der Waals surface area contributed by atoms with Gasteiger partial charge < -0.3 is 14.2 Å². The molecule has 0 unspecified atom stereocenters. The number of carbonyl (C=O) groups excluding carboxylic acids is 1. The summed E-state index contributed by atoms with van der Waals surface area (Å²) in [5.41, 5.74) is 0.260. The van der Waals surface area contributed by atoms with Crippen LogP contribution in [0.15, 0.2) is 30.5 Å². The van der Waals surface area contributed by atoms with Crippen molar-refractivity contribution in [2.24, 2.45) is 0 Å². The topological polar surface area (TPSA) is 101 Å². The lowest BCUT2D eigenvalue weighted by Crippen LogP contribution is -2.15. The van der Waals surface area contributed by atoms with Gasteiger partial charge in [0.1, 0.15) is 17.9 Å². The molecule has 0 spiro atoms. The van der Waals surface area contributed by atoms with Crippen LogP contribution in [0, 0.1) is 10.1 Å². The SMILES string of the molecule is COCC(=O)OCOc1ccc([N+](=O)[O-])c2cccnc12. The number of ether oxygens (including phenoxy) is 3. The molecule has 0 aliphatic heterocycles. The lowest BCUT2D eigenvalue weighted by Gasteiger charge is -2.09. The second-order valence-electron chi connectivity index (χ2n) is 3.95. The summed E-state index contributed by atoms with van der Waals surface area (Å²) >= 11 is 0. The summed E-state index contributed by atoms with van der Waals surface area (Å²) < 4.78 is 14.7. The molecule has 0 radical (unpaired) electrons. The number of hydrogen-bond acceptors (Lipinski definition) is 7. The van der Waals surface area contributed by atoms with Crippen molar-refractivity contribution in [3.8, 4) is 5.75 Å². The van der Waals surface area contributed by atoms with E-state index < -0.39 is 10.9 Å². The minimum Gasteiger partial charge on any atom is -0.455 e. The predicted octanol–water partition coefficient (Wildman–Crippen LogP) is 1.67. The van der Waals surface area contributed by atoms with Gasteiger partial charge in [0, 0.05) is 19.4 Å². The molecule has 1 heterocycles. The molecule has 1 aromatic heterocycles. The van der Waals surface area contributed by atoms with Crippen LogP contribution in [-0.2, 0) is 14.3 Å². The van der Waals surface area contributed by atoms with Crippen LogP contribution in [0.25, 0.3) is 10.9 Å². The van der Waals surface area contributed by atoms with E-state index in [4.69, 9.17) is 9.47 Å². The molecule has 2 aromatic rings. The van der Waals surface area contributed by atoms with Crippen molar-refractivity contribution in [3.05, 3.63) is 40.6 Å². The Morgan fingerprint density at radius 1 is 1.38 bits per heavy atom. The van der Waals surface area contributed by atoms with E-state index in [1.54, 1.807) is 12.1 Å². The van der Waals surface area contributed by atoms with Gasteiger partial charge in [-0.25, -0.2) is 4.79 Å². The van der Waals surface area contributed by atoms with Gasteiger partial charge in [0.25, 0.3) is 5.69 Å². The maximum atomic E-state index is 11.1. The first-order valence-electron chi connectivity index (χ1n) is 5.93. The molecule has 2 rings (SSSR count). The maximum absolute atomic E-state index is 11.1. The first kappa shape index (κ1) is 14.7. The molecule has 0 saturated heterocycles. The van der Waals surface area contributed by atoms with E-state index in [0.29, 0.717) is 16.7 Å². The number of fused-ring (bicyclic) bond motifs is 1. The van der Waals surface area contributed by atoms with E-state index in [9.17, 15) is 14.9 Å². The van der Waals surface area contributed by atoms with Crippen LogP contribution < -0.4 is 4.74 Å². The summed E-state index contributed by atoms with van der Waals surface area (Å²) in [4.78, 5) is 25.6. The van der Waals surface area contributed by atoms with Crippen molar-refractivity contribution in [1.29, 1.82) is 0 Å². The van der Waals surface area contributed by atoms with Crippen LogP contribution in [0.5, 0.6) is 5.75 Å². The van der Waals surface area contributed by atoms with E-state index in [2.05, 4.69) is 9.72 Å². The zero-order valence-electron chi connectivity index (χ0n) is 11.1. The zero-order valence-corrected chi connectivity index (χ0v) is 11.1. The van der Waals surface area contributed by atoms with E-state index in [1.165, 1.54) is 25.4 Å². The molecule has 8 nitrogen and oxygen atoms in total. The fourth-order valence-corrected chi connectivity index (χ4v) is 1.73. The molecule has 0 atom stereocenters. The molecule has 0 aliphatic carbocycles. The number of aromatic nitrogens is 1. The third-order valence-corrected chi connectivity index (χ3v) is 2.60. The molecule has 0 saturated carbocycles. The third-order valence-electron chi connectivity index (χ3n) is 2.60. The molecule has 8 heteroatoms. The summed E-state index contributed by atoms with van der Waals surface area (Å²) in [7, 11) is 1.37. The Morgan fingerprint density at radius 3 is 2.90 bits per heavy atom. The predicted molar refractivity (Wildman–Crippen MR) is 71.9 cm³/mol. The number of nitro benzene ring substituents is 1. The normalized spacial score (nSPS) is 10.3. The average Bonchev–Trinajstić information content (AvgIpc) is 2.47. The van der Waals surface area contributed by atoms with Crippen LogP contribution in [0.3, 0.4) is 0 Å². The number of non-ortho nitro benzene ring substituents is 1. The molecule has 0 bridgehead atoms. The number of carbonyl (C=O) groups is 1. The van der Waals surface area contributed by atoms with Crippen molar-refractivity contribution in [3.63, 3.8) is 0 Å². The summed E-state index contributed by atoms with van der Waals surface area (Å²) in [6.45, 7) is -0.506. The Labute approximate surface area is 119 Å². The van der Waals surface area contributed by atoms with Crippen LogP contribution in [0.4, 0.5) is 5.69 Å². The minimum absolute atomic E-state index is 0.0678. The monoisotopic (exact) mass is 292 g/mol. The molecular weight excluding hydrogens is 280 g/mol. The summed E-state index contributed by atoms with van der Waals surface area (Å²) in [6, 6.07) is 5.90. The molecule has 1 aromatic carbocycles. The van der Waals surface area contributed by atoms with E-state index in [-0.39, 0.29) is 19.1 Å². The van der Waals surface area contributed by atoms with E-state index >= 15 is 0 Å². The van der Waals surface area contributed by atoms with Crippen LogP contribution in [0.1, 0.15) is 0 Å². The Balaban J connectivity index is 2.20. The highest BCUT2D eigenvalue weighted by Gasteiger charge is 2.15. The molecule has 0 N–H and O–H groups in total.